The summed E-state index contributed by atoms with van der Waals surface area (Å²) in [5, 5.41) is 2.95. The first-order valence-corrected chi connectivity index (χ1v) is 13.7. The van der Waals surface area contributed by atoms with Crippen molar-refractivity contribution < 1.29 is 18.0 Å². The standard InChI is InChI=1S/C27H39N3O4S/c1-20-15-16-24(18-21(20)2)30(35(7,33)34)17-11-14-25(31)29(19-23-12-9-8-10-13-23)22(3)26(32)28-27(4,5)6/h8-10,12-13,15-16,18,22H,11,14,17,19H2,1-7H3,(H,28,32). The van der Waals surface area contributed by atoms with E-state index < -0.39 is 21.6 Å². The Kier molecular flexibility index (Phi) is 9.49. The topological polar surface area (TPSA) is 86.8 Å². The summed E-state index contributed by atoms with van der Waals surface area (Å²) in [4.78, 5) is 27.7. The molecule has 8 heteroatoms. The fourth-order valence-electron chi connectivity index (χ4n) is 3.72. The molecule has 0 aromatic heterocycles. The summed E-state index contributed by atoms with van der Waals surface area (Å²) in [5.74, 6) is -0.423. The first-order chi connectivity index (χ1) is 16.2. The van der Waals surface area contributed by atoms with E-state index in [0.29, 0.717) is 18.7 Å². The third-order valence-corrected chi connectivity index (χ3v) is 6.99. The Balaban J connectivity index is 2.18. The van der Waals surface area contributed by atoms with Crippen molar-refractivity contribution in [1.82, 2.24) is 10.2 Å². The van der Waals surface area contributed by atoms with Crippen LogP contribution >= 0.6 is 0 Å². The molecule has 35 heavy (non-hydrogen) atoms. The third kappa shape index (κ3) is 8.69. The van der Waals surface area contributed by atoms with E-state index in [2.05, 4.69) is 5.32 Å². The highest BCUT2D eigenvalue weighted by Crippen LogP contribution is 2.22. The molecule has 0 fully saturated rings. The second-order valence-corrected chi connectivity index (χ2v) is 12.0. The highest BCUT2D eigenvalue weighted by molar-refractivity contribution is 7.92. The van der Waals surface area contributed by atoms with Gasteiger partial charge in [0.05, 0.1) is 11.9 Å². The third-order valence-electron chi connectivity index (χ3n) is 5.79. The van der Waals surface area contributed by atoms with Gasteiger partial charge in [0, 0.05) is 25.0 Å². The second kappa shape index (κ2) is 11.7. The number of nitrogens with one attached hydrogen (secondary N) is 1. The number of rotatable bonds is 10. The fraction of sp³-hybridized carbons (Fsp3) is 0.481. The van der Waals surface area contributed by atoms with Gasteiger partial charge in [-0.2, -0.15) is 0 Å². The quantitative estimate of drug-likeness (QED) is 0.529. The number of benzene rings is 2. The van der Waals surface area contributed by atoms with Crippen molar-refractivity contribution in [3.8, 4) is 0 Å². The maximum atomic E-state index is 13.3. The smallest absolute Gasteiger partial charge is 0.242 e. The molecule has 0 bridgehead atoms. The van der Waals surface area contributed by atoms with Crippen LogP contribution < -0.4 is 9.62 Å². The zero-order chi connectivity index (χ0) is 26.4. The van der Waals surface area contributed by atoms with Crippen LogP contribution in [-0.2, 0) is 26.2 Å². The molecule has 1 unspecified atom stereocenters. The van der Waals surface area contributed by atoms with E-state index in [1.54, 1.807) is 17.9 Å². The molecular formula is C27H39N3O4S. The molecule has 0 aliphatic rings. The minimum Gasteiger partial charge on any atom is -0.350 e. The summed E-state index contributed by atoms with van der Waals surface area (Å²) in [5.41, 5.74) is 3.16. The molecule has 0 aliphatic heterocycles. The maximum Gasteiger partial charge on any atom is 0.242 e. The average molecular weight is 502 g/mol. The van der Waals surface area contributed by atoms with E-state index in [-0.39, 0.29) is 24.8 Å². The van der Waals surface area contributed by atoms with Crippen molar-refractivity contribution in [2.24, 2.45) is 0 Å². The molecule has 2 rings (SSSR count). The Labute approximate surface area is 210 Å². The summed E-state index contributed by atoms with van der Waals surface area (Å²) in [6.07, 6.45) is 1.62. The zero-order valence-electron chi connectivity index (χ0n) is 22.0. The Morgan fingerprint density at radius 3 is 2.17 bits per heavy atom. The largest absolute Gasteiger partial charge is 0.350 e. The average Bonchev–Trinajstić information content (AvgIpc) is 2.75. The van der Waals surface area contributed by atoms with Gasteiger partial charge in [-0.05, 0) is 76.8 Å². The molecule has 0 spiro atoms. The monoisotopic (exact) mass is 501 g/mol. The van der Waals surface area contributed by atoms with Crippen LogP contribution in [0.15, 0.2) is 48.5 Å². The molecule has 1 N–H and O–H groups in total. The van der Waals surface area contributed by atoms with Crippen LogP contribution in [0.2, 0.25) is 0 Å². The number of nitrogens with zero attached hydrogens (tertiary/aromatic N) is 2. The van der Waals surface area contributed by atoms with Crippen LogP contribution in [0.25, 0.3) is 0 Å². The zero-order valence-corrected chi connectivity index (χ0v) is 22.8. The maximum absolute atomic E-state index is 13.3. The first-order valence-electron chi connectivity index (χ1n) is 11.9. The summed E-state index contributed by atoms with van der Waals surface area (Å²) in [7, 11) is -3.52. The second-order valence-electron chi connectivity index (χ2n) is 10.1. The van der Waals surface area contributed by atoms with E-state index in [1.165, 1.54) is 10.6 Å². The van der Waals surface area contributed by atoms with Crippen molar-refractivity contribution in [2.75, 3.05) is 17.1 Å². The van der Waals surface area contributed by atoms with Gasteiger partial charge in [-0.3, -0.25) is 13.9 Å². The molecule has 2 aromatic carbocycles. The molecule has 2 aromatic rings. The van der Waals surface area contributed by atoms with Crippen LogP contribution in [0.1, 0.15) is 57.2 Å². The van der Waals surface area contributed by atoms with E-state index in [9.17, 15) is 18.0 Å². The van der Waals surface area contributed by atoms with Gasteiger partial charge in [0.1, 0.15) is 6.04 Å². The highest BCUT2D eigenvalue weighted by Gasteiger charge is 2.28. The van der Waals surface area contributed by atoms with Gasteiger partial charge in [0.25, 0.3) is 0 Å². The lowest BCUT2D eigenvalue weighted by Gasteiger charge is -2.32. The van der Waals surface area contributed by atoms with Crippen LogP contribution in [0, 0.1) is 13.8 Å². The number of aryl methyl sites for hydroxylation is 2. The van der Waals surface area contributed by atoms with Gasteiger partial charge in [-0.25, -0.2) is 8.42 Å². The lowest BCUT2D eigenvalue weighted by atomic mass is 10.1. The molecule has 2 amide bonds. The van der Waals surface area contributed by atoms with Gasteiger partial charge in [0.2, 0.25) is 21.8 Å². The number of carbonyl (C=O) groups excluding carboxylic acids is 2. The van der Waals surface area contributed by atoms with Crippen molar-refractivity contribution >= 4 is 27.5 Å². The number of sulfonamides is 1. The molecule has 192 valence electrons. The van der Waals surface area contributed by atoms with Crippen LogP contribution in [0.3, 0.4) is 0 Å². The van der Waals surface area contributed by atoms with E-state index in [4.69, 9.17) is 0 Å². The van der Waals surface area contributed by atoms with Crippen LogP contribution in [0.4, 0.5) is 5.69 Å². The molecule has 0 saturated heterocycles. The van der Waals surface area contributed by atoms with Crippen molar-refractivity contribution in [2.45, 2.75) is 72.5 Å². The Morgan fingerprint density at radius 1 is 1.00 bits per heavy atom. The lowest BCUT2D eigenvalue weighted by molar-refractivity contribution is -0.141. The fourth-order valence-corrected chi connectivity index (χ4v) is 4.68. The number of anilines is 1. The molecule has 0 aliphatic carbocycles. The minimum absolute atomic E-state index is 0.122. The van der Waals surface area contributed by atoms with E-state index in [0.717, 1.165) is 16.7 Å². The summed E-state index contributed by atoms with van der Waals surface area (Å²) >= 11 is 0. The summed E-state index contributed by atoms with van der Waals surface area (Å²) < 4.78 is 26.3. The number of carbonyl (C=O) groups is 2. The van der Waals surface area contributed by atoms with Gasteiger partial charge in [0.15, 0.2) is 0 Å². The van der Waals surface area contributed by atoms with E-state index in [1.807, 2.05) is 77.1 Å². The van der Waals surface area contributed by atoms with E-state index >= 15 is 0 Å². The number of hydrogen-bond donors (Lipinski definition) is 1. The molecule has 1 atom stereocenters. The Bertz CT molecular complexity index is 1120. The Morgan fingerprint density at radius 2 is 1.63 bits per heavy atom. The molecule has 7 nitrogen and oxygen atoms in total. The van der Waals surface area contributed by atoms with Gasteiger partial charge in [-0.1, -0.05) is 36.4 Å². The highest BCUT2D eigenvalue weighted by atomic mass is 32.2. The molecule has 0 radical (unpaired) electrons. The lowest BCUT2D eigenvalue weighted by Crippen LogP contribution is -2.52. The van der Waals surface area contributed by atoms with Crippen LogP contribution in [-0.4, -0.2) is 49.5 Å². The summed E-state index contributed by atoms with van der Waals surface area (Å²) in [6, 6.07) is 14.4. The first kappa shape index (κ1) is 28.4. The van der Waals surface area contributed by atoms with Crippen molar-refractivity contribution in [3.63, 3.8) is 0 Å². The van der Waals surface area contributed by atoms with Crippen LogP contribution in [0.5, 0.6) is 0 Å². The number of hydrogen-bond acceptors (Lipinski definition) is 4. The van der Waals surface area contributed by atoms with Gasteiger partial charge < -0.3 is 10.2 Å². The SMILES string of the molecule is Cc1ccc(N(CCCC(=O)N(Cc2ccccc2)C(C)C(=O)NC(C)(C)C)S(C)(=O)=O)cc1C. The molecule has 0 heterocycles. The predicted molar refractivity (Wildman–Crippen MR) is 142 cm³/mol. The number of amides is 2. The minimum atomic E-state index is -3.52. The predicted octanol–water partition coefficient (Wildman–Crippen LogP) is 4.18. The van der Waals surface area contributed by atoms with Gasteiger partial charge in [-0.15, -0.1) is 0 Å². The van der Waals surface area contributed by atoms with Gasteiger partial charge >= 0.3 is 0 Å². The summed E-state index contributed by atoms with van der Waals surface area (Å²) in [6.45, 7) is 11.8. The Hall–Kier alpha value is -2.87. The van der Waals surface area contributed by atoms with Crippen molar-refractivity contribution in [1.29, 1.82) is 0 Å². The van der Waals surface area contributed by atoms with Crippen molar-refractivity contribution in [3.05, 3.63) is 65.2 Å². The molecule has 0 saturated carbocycles. The normalized spacial score (nSPS) is 12.7. The molecular weight excluding hydrogens is 462 g/mol.